The number of nitrogens with zero attached hydrogens (tertiary/aromatic N) is 4. The zero-order valence-corrected chi connectivity index (χ0v) is 13.5. The minimum atomic E-state index is -0.511. The number of nitrogens with one attached hydrogen (secondary N) is 1. The van der Waals surface area contributed by atoms with Gasteiger partial charge in [-0.3, -0.25) is 20.2 Å². The number of fused-ring (bicyclic) bond motifs is 1. The first-order valence-electron chi connectivity index (χ1n) is 6.76. The molecule has 0 saturated carbocycles. The highest BCUT2D eigenvalue weighted by molar-refractivity contribution is 7.17. The number of nitro groups is 1. The first kappa shape index (κ1) is 15.1. The van der Waals surface area contributed by atoms with Crippen LogP contribution in [0.5, 0.6) is 0 Å². The maximum atomic E-state index is 12.3. The minimum absolute atomic E-state index is 0.0945. The molecule has 0 spiro atoms. The third-order valence-corrected chi connectivity index (χ3v) is 4.67. The topological polar surface area (TPSA) is 102 Å². The van der Waals surface area contributed by atoms with E-state index in [2.05, 4.69) is 15.4 Å². The van der Waals surface area contributed by atoms with Crippen LogP contribution in [0.4, 0.5) is 11.6 Å². The van der Waals surface area contributed by atoms with Crippen molar-refractivity contribution in [3.8, 4) is 0 Å². The molecular formula is C14H13N5O3S. The number of thiazole rings is 1. The van der Waals surface area contributed by atoms with Gasteiger partial charge < -0.3 is 0 Å². The van der Waals surface area contributed by atoms with Crippen molar-refractivity contribution < 1.29 is 9.72 Å². The maximum absolute atomic E-state index is 12.3. The smallest absolute Gasteiger partial charge is 0.273 e. The second-order valence-corrected chi connectivity index (χ2v) is 6.22. The molecule has 0 aliphatic rings. The highest BCUT2D eigenvalue weighted by Gasteiger charge is 2.19. The van der Waals surface area contributed by atoms with E-state index in [0.717, 1.165) is 10.6 Å². The highest BCUT2D eigenvalue weighted by atomic mass is 32.1. The van der Waals surface area contributed by atoms with Crippen LogP contribution in [0.2, 0.25) is 0 Å². The number of hydrogen-bond acceptors (Lipinski definition) is 6. The molecule has 0 aliphatic carbocycles. The van der Waals surface area contributed by atoms with Crippen molar-refractivity contribution in [3.05, 3.63) is 50.0 Å². The summed E-state index contributed by atoms with van der Waals surface area (Å²) in [5.74, 6) is -0.297. The average Bonchev–Trinajstić information content (AvgIpc) is 2.98. The van der Waals surface area contributed by atoms with Gasteiger partial charge in [0.25, 0.3) is 17.5 Å². The van der Waals surface area contributed by atoms with Gasteiger partial charge in [-0.05, 0) is 26.8 Å². The predicted molar refractivity (Wildman–Crippen MR) is 86.1 cm³/mol. The summed E-state index contributed by atoms with van der Waals surface area (Å²) in [7, 11) is 0. The molecule has 3 rings (SSSR count). The highest BCUT2D eigenvalue weighted by Crippen LogP contribution is 2.23. The number of carbonyl (C=O) groups excluding carboxylic acids is 1. The number of amides is 1. The summed E-state index contributed by atoms with van der Waals surface area (Å²) in [4.78, 5) is 28.8. The summed E-state index contributed by atoms with van der Waals surface area (Å²) in [6.45, 7) is 5.44. The third kappa shape index (κ3) is 2.55. The van der Waals surface area contributed by atoms with Crippen LogP contribution in [0.25, 0.3) is 4.96 Å². The van der Waals surface area contributed by atoms with E-state index in [1.807, 2.05) is 13.8 Å². The largest absolute Gasteiger partial charge is 0.289 e. The number of nitro benzene ring substituents is 1. The SMILES string of the molecule is Cc1sc2nc(NC(=O)c3cccc([N+](=O)[O-])c3C)nn2c1C. The summed E-state index contributed by atoms with van der Waals surface area (Å²) < 4.78 is 1.66. The molecule has 0 saturated heterocycles. The summed E-state index contributed by atoms with van der Waals surface area (Å²) >= 11 is 1.48. The van der Waals surface area contributed by atoms with Gasteiger partial charge in [0, 0.05) is 22.1 Å². The van der Waals surface area contributed by atoms with E-state index in [-0.39, 0.29) is 17.2 Å². The van der Waals surface area contributed by atoms with Crippen LogP contribution in [0, 0.1) is 30.9 Å². The van der Waals surface area contributed by atoms with Gasteiger partial charge in [0.05, 0.1) is 10.6 Å². The fourth-order valence-corrected chi connectivity index (χ4v) is 3.14. The van der Waals surface area contributed by atoms with Crippen LogP contribution in [-0.2, 0) is 0 Å². The Hall–Kier alpha value is -2.81. The lowest BCUT2D eigenvalue weighted by atomic mass is 10.1. The lowest BCUT2D eigenvalue weighted by molar-refractivity contribution is -0.385. The van der Waals surface area contributed by atoms with Gasteiger partial charge in [-0.15, -0.1) is 5.10 Å². The van der Waals surface area contributed by atoms with Crippen LogP contribution in [0.15, 0.2) is 18.2 Å². The van der Waals surface area contributed by atoms with E-state index in [1.54, 1.807) is 11.4 Å². The number of aromatic nitrogens is 3. The van der Waals surface area contributed by atoms with Gasteiger partial charge in [0.15, 0.2) is 0 Å². The molecule has 2 heterocycles. The Bertz CT molecular complexity index is 943. The molecule has 0 atom stereocenters. The Morgan fingerprint density at radius 1 is 1.35 bits per heavy atom. The second-order valence-electron chi connectivity index (χ2n) is 5.03. The molecule has 1 N–H and O–H groups in total. The van der Waals surface area contributed by atoms with Crippen molar-refractivity contribution in [1.82, 2.24) is 14.6 Å². The predicted octanol–water partition coefficient (Wildman–Crippen LogP) is 2.88. The molecule has 9 heteroatoms. The van der Waals surface area contributed by atoms with Crippen molar-refractivity contribution in [1.29, 1.82) is 0 Å². The van der Waals surface area contributed by atoms with E-state index in [0.29, 0.717) is 10.5 Å². The van der Waals surface area contributed by atoms with Crippen molar-refractivity contribution >= 4 is 33.8 Å². The van der Waals surface area contributed by atoms with E-state index < -0.39 is 10.8 Å². The third-order valence-electron chi connectivity index (χ3n) is 3.62. The standard InChI is InChI=1S/C14H13N5O3S/c1-7-10(5-4-6-11(7)19(21)22)12(20)15-13-16-14-18(17-13)8(2)9(3)23-14/h4-6H,1-3H3,(H,15,17,20). The zero-order chi connectivity index (χ0) is 16.7. The molecule has 2 aromatic heterocycles. The molecule has 23 heavy (non-hydrogen) atoms. The van der Waals surface area contributed by atoms with Gasteiger partial charge in [-0.25, -0.2) is 4.52 Å². The van der Waals surface area contributed by atoms with Crippen LogP contribution in [-0.4, -0.2) is 25.4 Å². The number of aryl methyl sites for hydroxylation is 2. The molecule has 0 bridgehead atoms. The van der Waals surface area contributed by atoms with E-state index in [1.165, 1.54) is 29.5 Å². The van der Waals surface area contributed by atoms with E-state index in [4.69, 9.17) is 0 Å². The van der Waals surface area contributed by atoms with Gasteiger partial charge in [0.1, 0.15) is 0 Å². The van der Waals surface area contributed by atoms with Crippen LogP contribution >= 0.6 is 11.3 Å². The van der Waals surface area contributed by atoms with Gasteiger partial charge in [0.2, 0.25) is 4.96 Å². The Morgan fingerprint density at radius 2 is 2.09 bits per heavy atom. The van der Waals surface area contributed by atoms with Crippen molar-refractivity contribution in [2.45, 2.75) is 20.8 Å². The molecule has 1 aromatic carbocycles. The summed E-state index contributed by atoms with van der Waals surface area (Å²) in [5, 5.41) is 17.8. The molecule has 0 unspecified atom stereocenters. The van der Waals surface area contributed by atoms with Crippen LogP contribution < -0.4 is 5.32 Å². The van der Waals surface area contributed by atoms with Crippen LogP contribution in [0.1, 0.15) is 26.5 Å². The Kier molecular flexibility index (Phi) is 3.57. The molecule has 118 valence electrons. The van der Waals surface area contributed by atoms with E-state index in [9.17, 15) is 14.9 Å². The number of benzene rings is 1. The van der Waals surface area contributed by atoms with Crippen LogP contribution in [0.3, 0.4) is 0 Å². The maximum Gasteiger partial charge on any atom is 0.273 e. The molecule has 0 fully saturated rings. The number of hydrogen-bond donors (Lipinski definition) is 1. The monoisotopic (exact) mass is 331 g/mol. The Labute approximate surface area is 134 Å². The molecule has 3 aromatic rings. The lowest BCUT2D eigenvalue weighted by Crippen LogP contribution is -2.15. The number of anilines is 1. The fourth-order valence-electron chi connectivity index (χ4n) is 2.23. The summed E-state index contributed by atoms with van der Waals surface area (Å²) in [6.07, 6.45) is 0. The normalized spacial score (nSPS) is 10.9. The Balaban J connectivity index is 1.91. The van der Waals surface area contributed by atoms with Crippen molar-refractivity contribution in [2.75, 3.05) is 5.32 Å². The summed E-state index contributed by atoms with van der Waals surface area (Å²) in [6, 6.07) is 4.38. The Morgan fingerprint density at radius 3 is 2.74 bits per heavy atom. The van der Waals surface area contributed by atoms with Crippen molar-refractivity contribution in [2.24, 2.45) is 0 Å². The van der Waals surface area contributed by atoms with Gasteiger partial charge >= 0.3 is 0 Å². The summed E-state index contributed by atoms with van der Waals surface area (Å²) in [5.41, 5.74) is 1.40. The molecular weight excluding hydrogens is 318 g/mol. The van der Waals surface area contributed by atoms with Crippen molar-refractivity contribution in [3.63, 3.8) is 0 Å². The minimum Gasteiger partial charge on any atom is -0.289 e. The molecule has 8 nitrogen and oxygen atoms in total. The molecule has 0 radical (unpaired) electrons. The second kappa shape index (κ2) is 5.43. The zero-order valence-electron chi connectivity index (χ0n) is 12.7. The first-order chi connectivity index (χ1) is 10.9. The van der Waals surface area contributed by atoms with Gasteiger partial charge in [-0.1, -0.05) is 17.4 Å². The number of rotatable bonds is 3. The molecule has 0 aliphatic heterocycles. The lowest BCUT2D eigenvalue weighted by Gasteiger charge is -2.05. The average molecular weight is 331 g/mol. The quantitative estimate of drug-likeness (QED) is 0.587. The van der Waals surface area contributed by atoms with E-state index >= 15 is 0 Å². The first-order valence-corrected chi connectivity index (χ1v) is 7.58. The van der Waals surface area contributed by atoms with Gasteiger partial charge in [-0.2, -0.15) is 4.98 Å². The number of carbonyl (C=O) groups is 1. The molecule has 1 amide bonds. The fraction of sp³-hybridized carbons (Fsp3) is 0.214.